The lowest BCUT2D eigenvalue weighted by molar-refractivity contribution is 0.0689. The van der Waals surface area contributed by atoms with Crippen molar-refractivity contribution in [3.8, 4) is 0 Å². The Labute approximate surface area is 117 Å². The van der Waals surface area contributed by atoms with Gasteiger partial charge in [-0.05, 0) is 12.1 Å². The number of hydrogen-bond donors (Lipinski definition) is 2. The average Bonchev–Trinajstić information content (AvgIpc) is 3.01. The Balaban J connectivity index is 1.96. The number of carboxylic acid groups (broad SMARTS) is 1. The zero-order valence-electron chi connectivity index (χ0n) is 10.4. The number of nitrogens with zero attached hydrogens (tertiary/aromatic N) is 4. The molecular formula is C12H11N5O2S. The van der Waals surface area contributed by atoms with Gasteiger partial charge in [-0.15, -0.1) is 16.4 Å². The third-order valence-electron chi connectivity index (χ3n) is 2.86. The fraction of sp³-hybridized carbons (Fsp3) is 0.167. The summed E-state index contributed by atoms with van der Waals surface area (Å²) in [5, 5.41) is 17.3. The van der Waals surface area contributed by atoms with E-state index < -0.39 is 5.97 Å². The van der Waals surface area contributed by atoms with Gasteiger partial charge in [0.15, 0.2) is 5.69 Å². The Kier molecular flexibility index (Phi) is 3.17. The summed E-state index contributed by atoms with van der Waals surface area (Å²) < 4.78 is 2.57. The van der Waals surface area contributed by atoms with E-state index in [4.69, 9.17) is 10.8 Å². The highest BCUT2D eigenvalue weighted by molar-refractivity contribution is 7.18. The van der Waals surface area contributed by atoms with E-state index >= 15 is 0 Å². The van der Waals surface area contributed by atoms with Crippen molar-refractivity contribution in [2.24, 2.45) is 5.73 Å². The van der Waals surface area contributed by atoms with Gasteiger partial charge >= 0.3 is 5.97 Å². The molecule has 102 valence electrons. The maximum atomic E-state index is 11.0. The molecule has 2 heterocycles. The van der Waals surface area contributed by atoms with Gasteiger partial charge in [-0.2, -0.15) is 0 Å². The highest BCUT2D eigenvalue weighted by atomic mass is 32.1. The van der Waals surface area contributed by atoms with Gasteiger partial charge in [0.2, 0.25) is 0 Å². The number of aromatic carboxylic acids is 1. The molecule has 3 rings (SSSR count). The summed E-state index contributed by atoms with van der Waals surface area (Å²) >= 11 is 1.54. The molecule has 0 bridgehead atoms. The molecule has 0 aliphatic heterocycles. The van der Waals surface area contributed by atoms with Crippen molar-refractivity contribution in [2.75, 3.05) is 0 Å². The molecule has 3 N–H and O–H groups in total. The minimum absolute atomic E-state index is 0.0690. The molecule has 0 atom stereocenters. The monoisotopic (exact) mass is 289 g/mol. The number of benzene rings is 1. The lowest BCUT2D eigenvalue weighted by atomic mass is 10.3. The minimum Gasteiger partial charge on any atom is -0.476 e. The summed E-state index contributed by atoms with van der Waals surface area (Å²) in [5.41, 5.74) is 6.79. The number of carbonyl (C=O) groups is 1. The highest BCUT2D eigenvalue weighted by Gasteiger charge is 2.18. The lowest BCUT2D eigenvalue weighted by Crippen LogP contribution is -2.13. The number of para-hydroxylation sites is 1. The fourth-order valence-corrected chi connectivity index (χ4v) is 2.89. The number of hydrogen-bond acceptors (Lipinski definition) is 6. The first-order chi connectivity index (χ1) is 9.69. The molecule has 7 nitrogen and oxygen atoms in total. The Morgan fingerprint density at radius 3 is 2.90 bits per heavy atom. The number of rotatable bonds is 4. The van der Waals surface area contributed by atoms with Crippen LogP contribution in [-0.4, -0.2) is 31.1 Å². The van der Waals surface area contributed by atoms with Crippen LogP contribution in [0, 0.1) is 0 Å². The number of carboxylic acids is 1. The predicted octanol–water partition coefficient (Wildman–Crippen LogP) is 1.09. The van der Waals surface area contributed by atoms with Gasteiger partial charge in [-0.25, -0.2) is 14.5 Å². The largest absolute Gasteiger partial charge is 0.476 e. The summed E-state index contributed by atoms with van der Waals surface area (Å²) in [6.45, 7) is 0.436. The van der Waals surface area contributed by atoms with E-state index in [0.29, 0.717) is 12.2 Å². The van der Waals surface area contributed by atoms with E-state index in [1.54, 1.807) is 11.3 Å². The maximum Gasteiger partial charge on any atom is 0.358 e. The van der Waals surface area contributed by atoms with Gasteiger partial charge in [-0.3, -0.25) is 0 Å². The van der Waals surface area contributed by atoms with Crippen LogP contribution in [0.4, 0.5) is 0 Å². The van der Waals surface area contributed by atoms with Crippen molar-refractivity contribution in [2.45, 2.75) is 13.1 Å². The number of nitrogens with two attached hydrogens (primary N) is 1. The molecule has 0 fully saturated rings. The van der Waals surface area contributed by atoms with Gasteiger partial charge in [-0.1, -0.05) is 17.3 Å². The molecule has 0 radical (unpaired) electrons. The molecule has 0 spiro atoms. The average molecular weight is 289 g/mol. The Morgan fingerprint density at radius 2 is 2.20 bits per heavy atom. The van der Waals surface area contributed by atoms with Crippen molar-refractivity contribution in [3.05, 3.63) is 40.7 Å². The lowest BCUT2D eigenvalue weighted by Gasteiger charge is -2.01. The number of fused-ring (bicyclic) bond motifs is 1. The van der Waals surface area contributed by atoms with Crippen LogP contribution >= 0.6 is 11.3 Å². The summed E-state index contributed by atoms with van der Waals surface area (Å²) in [4.78, 5) is 15.5. The first kappa shape index (κ1) is 12.7. The number of thiazole rings is 1. The van der Waals surface area contributed by atoms with Crippen LogP contribution in [0.2, 0.25) is 0 Å². The summed E-state index contributed by atoms with van der Waals surface area (Å²) in [5.74, 6) is -1.12. The molecule has 1 aromatic carbocycles. The molecule has 0 saturated carbocycles. The molecular weight excluding hydrogens is 278 g/mol. The van der Waals surface area contributed by atoms with Crippen molar-refractivity contribution < 1.29 is 9.90 Å². The smallest absolute Gasteiger partial charge is 0.358 e. The third-order valence-corrected chi connectivity index (χ3v) is 3.88. The quantitative estimate of drug-likeness (QED) is 0.744. The second-order valence-corrected chi connectivity index (χ2v) is 5.24. The zero-order chi connectivity index (χ0) is 14.1. The maximum absolute atomic E-state index is 11.0. The normalized spacial score (nSPS) is 11.1. The molecule has 8 heteroatoms. The Hall–Kier alpha value is -2.32. The van der Waals surface area contributed by atoms with E-state index in [1.807, 2.05) is 24.3 Å². The van der Waals surface area contributed by atoms with Crippen LogP contribution < -0.4 is 5.73 Å². The van der Waals surface area contributed by atoms with Crippen LogP contribution in [-0.2, 0) is 13.1 Å². The van der Waals surface area contributed by atoms with Crippen molar-refractivity contribution in [3.63, 3.8) is 0 Å². The van der Waals surface area contributed by atoms with Crippen molar-refractivity contribution >= 4 is 27.5 Å². The van der Waals surface area contributed by atoms with Gasteiger partial charge in [0.25, 0.3) is 0 Å². The Morgan fingerprint density at radius 1 is 1.40 bits per heavy atom. The van der Waals surface area contributed by atoms with E-state index in [0.717, 1.165) is 15.2 Å². The summed E-state index contributed by atoms with van der Waals surface area (Å²) in [6.07, 6.45) is 0. The molecule has 0 amide bonds. The van der Waals surface area contributed by atoms with E-state index in [9.17, 15) is 4.79 Å². The van der Waals surface area contributed by atoms with Gasteiger partial charge in [0.1, 0.15) is 5.01 Å². The van der Waals surface area contributed by atoms with Crippen LogP contribution in [0.1, 0.15) is 21.2 Å². The molecule has 2 aromatic heterocycles. The van der Waals surface area contributed by atoms with Crippen LogP contribution in [0.5, 0.6) is 0 Å². The van der Waals surface area contributed by atoms with Crippen molar-refractivity contribution in [1.82, 2.24) is 20.0 Å². The zero-order valence-corrected chi connectivity index (χ0v) is 11.2. The van der Waals surface area contributed by atoms with Gasteiger partial charge in [0, 0.05) is 6.54 Å². The molecule has 0 aliphatic rings. The molecule has 3 aromatic rings. The highest BCUT2D eigenvalue weighted by Crippen LogP contribution is 2.22. The van der Waals surface area contributed by atoms with E-state index in [-0.39, 0.29) is 12.2 Å². The van der Waals surface area contributed by atoms with Gasteiger partial charge < -0.3 is 10.8 Å². The van der Waals surface area contributed by atoms with Crippen molar-refractivity contribution in [1.29, 1.82) is 0 Å². The molecule has 0 aliphatic carbocycles. The van der Waals surface area contributed by atoms with E-state index in [2.05, 4.69) is 15.3 Å². The van der Waals surface area contributed by atoms with E-state index in [1.165, 1.54) is 4.68 Å². The summed E-state index contributed by atoms with van der Waals surface area (Å²) in [7, 11) is 0. The van der Waals surface area contributed by atoms with Crippen LogP contribution in [0.25, 0.3) is 10.2 Å². The molecule has 0 unspecified atom stereocenters. The standard InChI is InChI=1S/C12H11N5O2S/c13-5-8-11(12(18)19)15-16-17(8)6-10-14-7-3-1-2-4-9(7)20-10/h1-4H,5-6,13H2,(H,18,19). The Bertz CT molecular complexity index is 746. The third kappa shape index (κ3) is 2.15. The van der Waals surface area contributed by atoms with Crippen LogP contribution in [0.15, 0.2) is 24.3 Å². The second kappa shape index (κ2) is 4.99. The first-order valence-electron chi connectivity index (χ1n) is 5.89. The predicted molar refractivity (Wildman–Crippen MR) is 73.6 cm³/mol. The minimum atomic E-state index is -1.12. The first-order valence-corrected chi connectivity index (χ1v) is 6.71. The second-order valence-electron chi connectivity index (χ2n) is 4.13. The number of aromatic nitrogens is 4. The molecule has 20 heavy (non-hydrogen) atoms. The molecule has 0 saturated heterocycles. The fourth-order valence-electron chi connectivity index (χ4n) is 1.94. The van der Waals surface area contributed by atoms with Gasteiger partial charge in [0.05, 0.1) is 22.5 Å². The van der Waals surface area contributed by atoms with Crippen LogP contribution in [0.3, 0.4) is 0 Å². The topological polar surface area (TPSA) is 107 Å². The summed E-state index contributed by atoms with van der Waals surface area (Å²) in [6, 6.07) is 7.80. The SMILES string of the molecule is NCc1c(C(=O)O)nnn1Cc1nc2ccccc2s1.